The number of ether oxygens (including phenoxy) is 2. The molecule has 0 fully saturated rings. The molecule has 1 aromatic carbocycles. The topological polar surface area (TPSA) is 35.5 Å². The van der Waals surface area contributed by atoms with E-state index in [1.807, 2.05) is 0 Å². The van der Waals surface area contributed by atoms with Crippen molar-refractivity contribution in [2.75, 3.05) is 13.2 Å². The van der Waals surface area contributed by atoms with Crippen LogP contribution in [0.5, 0.6) is 5.75 Å². The van der Waals surface area contributed by atoms with Crippen molar-refractivity contribution in [3.63, 3.8) is 0 Å². The van der Waals surface area contributed by atoms with Gasteiger partial charge in [-0.15, -0.1) is 13.2 Å². The molecule has 0 heterocycles. The van der Waals surface area contributed by atoms with Crippen LogP contribution in [0.4, 0.5) is 13.2 Å². The summed E-state index contributed by atoms with van der Waals surface area (Å²) in [6.45, 7) is 1.73. The molecule has 0 aliphatic carbocycles. The molecule has 0 aliphatic rings. The number of benzene rings is 1. The summed E-state index contributed by atoms with van der Waals surface area (Å²) in [5.41, 5.74) is -0.140. The first-order chi connectivity index (χ1) is 7.94. The van der Waals surface area contributed by atoms with Gasteiger partial charge in [-0.25, -0.2) is 0 Å². The molecule has 0 aliphatic heterocycles. The lowest BCUT2D eigenvalue weighted by atomic mass is 10.1. The summed E-state index contributed by atoms with van der Waals surface area (Å²) in [7, 11) is 0. The van der Waals surface area contributed by atoms with Crippen LogP contribution in [0.1, 0.15) is 17.3 Å². The maximum absolute atomic E-state index is 12.1. The van der Waals surface area contributed by atoms with Gasteiger partial charge in [-0.2, -0.15) is 0 Å². The Labute approximate surface area is 96.1 Å². The number of halogens is 3. The van der Waals surface area contributed by atoms with Crippen molar-refractivity contribution in [2.24, 2.45) is 0 Å². The molecule has 3 nitrogen and oxygen atoms in total. The first kappa shape index (κ1) is 13.5. The standard InChI is InChI=1S/C11H11F3O3/c1-2-16-7-9(15)8-5-3-4-6-10(8)17-11(12,13)14/h3-6H,2,7H2,1H3. The van der Waals surface area contributed by atoms with Gasteiger partial charge in [0.25, 0.3) is 0 Å². The van der Waals surface area contributed by atoms with Crippen LogP contribution >= 0.6 is 0 Å². The van der Waals surface area contributed by atoms with Crippen LogP contribution in [0.25, 0.3) is 0 Å². The van der Waals surface area contributed by atoms with Crippen LogP contribution in [-0.4, -0.2) is 25.4 Å². The number of carbonyl (C=O) groups excluding carboxylic acids is 1. The molecule has 0 N–H and O–H groups in total. The Morgan fingerprint density at radius 1 is 1.29 bits per heavy atom. The number of hydrogen-bond acceptors (Lipinski definition) is 3. The zero-order valence-electron chi connectivity index (χ0n) is 9.08. The lowest BCUT2D eigenvalue weighted by molar-refractivity contribution is -0.274. The molecular formula is C11H11F3O3. The van der Waals surface area contributed by atoms with Crippen molar-refractivity contribution in [3.8, 4) is 5.75 Å². The minimum Gasteiger partial charge on any atom is -0.405 e. The average molecular weight is 248 g/mol. The summed E-state index contributed by atoms with van der Waals surface area (Å²) >= 11 is 0. The van der Waals surface area contributed by atoms with Crippen molar-refractivity contribution in [3.05, 3.63) is 29.8 Å². The molecular weight excluding hydrogens is 237 g/mol. The van der Waals surface area contributed by atoms with Gasteiger partial charge in [-0.05, 0) is 19.1 Å². The molecule has 1 aromatic rings. The number of Topliss-reactive ketones (excluding diaryl/α,β-unsaturated/α-hetero) is 1. The summed E-state index contributed by atoms with van der Waals surface area (Å²) in [6.07, 6.45) is -4.82. The van der Waals surface area contributed by atoms with Crippen LogP contribution in [0.15, 0.2) is 24.3 Å². The van der Waals surface area contributed by atoms with Crippen molar-refractivity contribution in [1.29, 1.82) is 0 Å². The van der Waals surface area contributed by atoms with Crippen molar-refractivity contribution in [2.45, 2.75) is 13.3 Å². The molecule has 0 radical (unpaired) electrons. The van der Waals surface area contributed by atoms with Gasteiger partial charge in [-0.3, -0.25) is 4.79 Å². The van der Waals surface area contributed by atoms with E-state index in [1.54, 1.807) is 6.92 Å². The lowest BCUT2D eigenvalue weighted by Gasteiger charge is -2.12. The molecule has 0 atom stereocenters. The third kappa shape index (κ3) is 4.44. The second-order valence-corrected chi connectivity index (χ2v) is 3.10. The summed E-state index contributed by atoms with van der Waals surface area (Å²) < 4.78 is 44.8. The third-order valence-electron chi connectivity index (χ3n) is 1.85. The van der Waals surface area contributed by atoms with E-state index in [-0.39, 0.29) is 12.2 Å². The summed E-state index contributed by atoms with van der Waals surface area (Å²) in [4.78, 5) is 11.5. The monoisotopic (exact) mass is 248 g/mol. The lowest BCUT2D eigenvalue weighted by Crippen LogP contribution is -2.20. The SMILES string of the molecule is CCOCC(=O)c1ccccc1OC(F)(F)F. The second-order valence-electron chi connectivity index (χ2n) is 3.10. The Hall–Kier alpha value is -1.56. The van der Waals surface area contributed by atoms with E-state index >= 15 is 0 Å². The first-order valence-corrected chi connectivity index (χ1v) is 4.89. The molecule has 6 heteroatoms. The van der Waals surface area contributed by atoms with Gasteiger partial charge in [0.15, 0.2) is 5.78 Å². The molecule has 1 rings (SSSR count). The average Bonchev–Trinajstić information content (AvgIpc) is 2.24. The van der Waals surface area contributed by atoms with Crippen LogP contribution in [0.2, 0.25) is 0 Å². The smallest absolute Gasteiger partial charge is 0.405 e. The van der Waals surface area contributed by atoms with Gasteiger partial charge in [0.1, 0.15) is 12.4 Å². The summed E-state index contributed by atoms with van der Waals surface area (Å²) in [6, 6.07) is 5.18. The van der Waals surface area contributed by atoms with Gasteiger partial charge in [0.05, 0.1) is 5.56 Å². The highest BCUT2D eigenvalue weighted by Gasteiger charge is 2.32. The minimum absolute atomic E-state index is 0.140. The Morgan fingerprint density at radius 3 is 2.53 bits per heavy atom. The zero-order valence-corrected chi connectivity index (χ0v) is 9.08. The van der Waals surface area contributed by atoms with E-state index in [4.69, 9.17) is 4.74 Å². The maximum atomic E-state index is 12.1. The predicted octanol–water partition coefficient (Wildman–Crippen LogP) is 2.80. The zero-order chi connectivity index (χ0) is 12.9. The normalized spacial score (nSPS) is 11.3. The number of ketones is 1. The Morgan fingerprint density at radius 2 is 1.94 bits per heavy atom. The number of hydrogen-bond donors (Lipinski definition) is 0. The highest BCUT2D eigenvalue weighted by molar-refractivity contribution is 5.99. The second kappa shape index (κ2) is 5.67. The number of carbonyl (C=O) groups is 1. The van der Waals surface area contributed by atoms with Gasteiger partial charge < -0.3 is 9.47 Å². The van der Waals surface area contributed by atoms with Gasteiger partial charge in [0.2, 0.25) is 0 Å². The van der Waals surface area contributed by atoms with Gasteiger partial charge >= 0.3 is 6.36 Å². The highest BCUT2D eigenvalue weighted by atomic mass is 19.4. The summed E-state index contributed by atoms with van der Waals surface area (Å²) in [5, 5.41) is 0. The quantitative estimate of drug-likeness (QED) is 0.751. The number of alkyl halides is 3. The molecule has 0 unspecified atom stereocenters. The molecule has 0 saturated carbocycles. The molecule has 0 spiro atoms. The Balaban J connectivity index is 2.88. The fourth-order valence-corrected chi connectivity index (χ4v) is 1.18. The van der Waals surface area contributed by atoms with E-state index in [9.17, 15) is 18.0 Å². The Bertz CT molecular complexity index is 388. The molecule has 0 saturated heterocycles. The number of para-hydroxylation sites is 1. The third-order valence-corrected chi connectivity index (χ3v) is 1.85. The molecule has 0 bridgehead atoms. The van der Waals surface area contributed by atoms with Crippen molar-refractivity contribution >= 4 is 5.78 Å². The molecule has 94 valence electrons. The van der Waals surface area contributed by atoms with Crippen molar-refractivity contribution < 1.29 is 27.4 Å². The van der Waals surface area contributed by atoms with Crippen LogP contribution in [-0.2, 0) is 4.74 Å². The van der Waals surface area contributed by atoms with Crippen LogP contribution in [0, 0.1) is 0 Å². The van der Waals surface area contributed by atoms with Crippen LogP contribution < -0.4 is 4.74 Å². The Kier molecular flexibility index (Phi) is 4.51. The molecule has 0 amide bonds. The minimum atomic E-state index is -4.82. The van der Waals surface area contributed by atoms with E-state index in [0.717, 1.165) is 6.07 Å². The molecule has 17 heavy (non-hydrogen) atoms. The van der Waals surface area contributed by atoms with Crippen molar-refractivity contribution in [1.82, 2.24) is 0 Å². The maximum Gasteiger partial charge on any atom is 0.573 e. The van der Waals surface area contributed by atoms with E-state index in [1.165, 1.54) is 18.2 Å². The van der Waals surface area contributed by atoms with Crippen LogP contribution in [0.3, 0.4) is 0 Å². The predicted molar refractivity (Wildman–Crippen MR) is 53.9 cm³/mol. The first-order valence-electron chi connectivity index (χ1n) is 4.89. The largest absolute Gasteiger partial charge is 0.573 e. The summed E-state index contributed by atoms with van der Waals surface area (Å²) in [5.74, 6) is -1.06. The van der Waals surface area contributed by atoms with E-state index in [2.05, 4.69) is 4.74 Å². The fraction of sp³-hybridized carbons (Fsp3) is 0.364. The van der Waals surface area contributed by atoms with Gasteiger partial charge in [-0.1, -0.05) is 12.1 Å². The van der Waals surface area contributed by atoms with E-state index < -0.39 is 17.9 Å². The van der Waals surface area contributed by atoms with Gasteiger partial charge in [0, 0.05) is 6.61 Å². The van der Waals surface area contributed by atoms with E-state index in [0.29, 0.717) is 6.61 Å². The molecule has 0 aromatic heterocycles. The highest BCUT2D eigenvalue weighted by Crippen LogP contribution is 2.26. The number of rotatable bonds is 5. The fourth-order valence-electron chi connectivity index (χ4n) is 1.18.